The molecule has 4 heteroatoms. The van der Waals surface area contributed by atoms with Gasteiger partial charge in [-0.25, -0.2) is 9.18 Å². The highest BCUT2D eigenvalue weighted by Gasteiger charge is 2.51. The zero-order valence-electron chi connectivity index (χ0n) is 10.6. The van der Waals surface area contributed by atoms with Gasteiger partial charge in [-0.1, -0.05) is 13.8 Å². The van der Waals surface area contributed by atoms with Gasteiger partial charge in [0.2, 0.25) is 0 Å². The van der Waals surface area contributed by atoms with Crippen molar-refractivity contribution in [2.24, 2.45) is 11.8 Å². The lowest BCUT2D eigenvalue weighted by Crippen LogP contribution is -2.57. The second-order valence-electron chi connectivity index (χ2n) is 5.43. The summed E-state index contributed by atoms with van der Waals surface area (Å²) in [6.07, 6.45) is 1.24. The van der Waals surface area contributed by atoms with E-state index in [4.69, 9.17) is 0 Å². The summed E-state index contributed by atoms with van der Waals surface area (Å²) >= 11 is 0. The first-order chi connectivity index (χ1) is 8.43. The summed E-state index contributed by atoms with van der Waals surface area (Å²) in [5.74, 6) is -0.219. The average Bonchev–Trinajstić information content (AvgIpc) is 2.24. The minimum atomic E-state index is -0.882. The molecule has 0 aromatic heterocycles. The summed E-state index contributed by atoms with van der Waals surface area (Å²) in [5, 5.41) is 12.4. The summed E-state index contributed by atoms with van der Waals surface area (Å²) in [6.45, 7) is 4.21. The smallest absolute Gasteiger partial charge is 0.329 e. The molecule has 0 heterocycles. The Hall–Kier alpha value is -1.58. The molecule has 1 aliphatic rings. The first-order valence-electron chi connectivity index (χ1n) is 6.20. The highest BCUT2D eigenvalue weighted by Crippen LogP contribution is 2.44. The molecule has 0 aliphatic heterocycles. The van der Waals surface area contributed by atoms with E-state index in [0.29, 0.717) is 30.4 Å². The zero-order valence-corrected chi connectivity index (χ0v) is 10.6. The Kier molecular flexibility index (Phi) is 3.28. The number of hydrogen-bond acceptors (Lipinski definition) is 2. The summed E-state index contributed by atoms with van der Waals surface area (Å²) < 4.78 is 12.8. The molecule has 0 amide bonds. The van der Waals surface area contributed by atoms with E-state index in [9.17, 15) is 14.3 Å². The summed E-state index contributed by atoms with van der Waals surface area (Å²) in [6, 6.07) is 5.80. The lowest BCUT2D eigenvalue weighted by atomic mass is 9.64. The van der Waals surface area contributed by atoms with Crippen LogP contribution in [0.25, 0.3) is 0 Å². The predicted octanol–water partition coefficient (Wildman–Crippen LogP) is 3.13. The van der Waals surface area contributed by atoms with Crippen molar-refractivity contribution in [3.63, 3.8) is 0 Å². The predicted molar refractivity (Wildman–Crippen MR) is 68.0 cm³/mol. The third kappa shape index (κ3) is 2.33. The lowest BCUT2D eigenvalue weighted by Gasteiger charge is -2.47. The molecule has 0 bridgehead atoms. The maximum Gasteiger partial charge on any atom is 0.329 e. The van der Waals surface area contributed by atoms with Crippen molar-refractivity contribution in [3.05, 3.63) is 30.1 Å². The standard InChI is InChI=1S/C14H18FNO2/c1-9(2)10-7-14(8-10,13(17)18)16-12-5-3-11(15)4-6-12/h3-6,9-10,16H,7-8H2,1-2H3,(H,17,18). The van der Waals surface area contributed by atoms with Gasteiger partial charge in [-0.15, -0.1) is 0 Å². The number of anilines is 1. The molecule has 0 radical (unpaired) electrons. The Labute approximate surface area is 106 Å². The monoisotopic (exact) mass is 251 g/mol. The normalized spacial score (nSPS) is 26.8. The lowest BCUT2D eigenvalue weighted by molar-refractivity contribution is -0.148. The van der Waals surface area contributed by atoms with E-state index in [1.54, 1.807) is 12.1 Å². The number of carbonyl (C=O) groups is 1. The van der Waals surface area contributed by atoms with Gasteiger partial charge in [0.1, 0.15) is 11.4 Å². The van der Waals surface area contributed by atoms with E-state index >= 15 is 0 Å². The van der Waals surface area contributed by atoms with Crippen LogP contribution in [0.15, 0.2) is 24.3 Å². The van der Waals surface area contributed by atoms with Crippen LogP contribution in [0, 0.1) is 17.7 Å². The van der Waals surface area contributed by atoms with E-state index < -0.39 is 11.5 Å². The first-order valence-corrected chi connectivity index (χ1v) is 6.20. The summed E-state index contributed by atoms with van der Waals surface area (Å²) in [5.41, 5.74) is -0.228. The van der Waals surface area contributed by atoms with Crippen molar-refractivity contribution < 1.29 is 14.3 Å². The first kappa shape index (κ1) is 12.9. The van der Waals surface area contributed by atoms with E-state index in [0.717, 1.165) is 0 Å². The molecule has 2 rings (SSSR count). The third-order valence-electron chi connectivity index (χ3n) is 3.80. The SMILES string of the molecule is CC(C)C1CC(Nc2ccc(F)cc2)(C(=O)O)C1. The van der Waals surface area contributed by atoms with Crippen LogP contribution in [-0.4, -0.2) is 16.6 Å². The molecule has 0 spiro atoms. The molecule has 0 saturated heterocycles. The number of benzene rings is 1. The fourth-order valence-electron chi connectivity index (χ4n) is 2.45. The number of aliphatic carboxylic acids is 1. The van der Waals surface area contributed by atoms with Crippen molar-refractivity contribution in [1.82, 2.24) is 0 Å². The van der Waals surface area contributed by atoms with Gasteiger partial charge in [0.05, 0.1) is 0 Å². The molecule has 3 nitrogen and oxygen atoms in total. The molecule has 1 aromatic rings. The molecule has 2 N–H and O–H groups in total. The van der Waals surface area contributed by atoms with Crippen LogP contribution >= 0.6 is 0 Å². The Morgan fingerprint density at radius 1 is 1.39 bits per heavy atom. The van der Waals surface area contributed by atoms with E-state index in [-0.39, 0.29) is 5.82 Å². The molecule has 0 atom stereocenters. The van der Waals surface area contributed by atoms with Gasteiger partial charge >= 0.3 is 5.97 Å². The summed E-state index contributed by atoms with van der Waals surface area (Å²) in [7, 11) is 0. The number of rotatable bonds is 4. The topological polar surface area (TPSA) is 49.3 Å². The average molecular weight is 251 g/mol. The van der Waals surface area contributed by atoms with Gasteiger partial charge in [-0.2, -0.15) is 0 Å². The van der Waals surface area contributed by atoms with Crippen LogP contribution in [0.2, 0.25) is 0 Å². The van der Waals surface area contributed by atoms with Gasteiger partial charge in [0, 0.05) is 5.69 Å². The second-order valence-corrected chi connectivity index (χ2v) is 5.43. The van der Waals surface area contributed by atoms with Crippen LogP contribution in [0.4, 0.5) is 10.1 Å². The number of halogens is 1. The van der Waals surface area contributed by atoms with Crippen molar-refractivity contribution in [2.45, 2.75) is 32.2 Å². The molecule has 0 unspecified atom stereocenters. The van der Waals surface area contributed by atoms with Crippen LogP contribution in [0.3, 0.4) is 0 Å². The number of hydrogen-bond donors (Lipinski definition) is 2. The molecule has 1 aliphatic carbocycles. The quantitative estimate of drug-likeness (QED) is 0.864. The van der Waals surface area contributed by atoms with Gasteiger partial charge in [0.15, 0.2) is 0 Å². The van der Waals surface area contributed by atoms with Crippen molar-refractivity contribution in [2.75, 3.05) is 5.32 Å². The van der Waals surface area contributed by atoms with Crippen molar-refractivity contribution in [1.29, 1.82) is 0 Å². The number of carboxylic acids is 1. The minimum Gasteiger partial charge on any atom is -0.480 e. The fraction of sp³-hybridized carbons (Fsp3) is 0.500. The van der Waals surface area contributed by atoms with Crippen LogP contribution < -0.4 is 5.32 Å². The fourth-order valence-corrected chi connectivity index (χ4v) is 2.45. The second kappa shape index (κ2) is 4.59. The molecule has 98 valence electrons. The molecular weight excluding hydrogens is 233 g/mol. The Morgan fingerprint density at radius 3 is 2.39 bits per heavy atom. The maximum absolute atomic E-state index is 12.8. The van der Waals surface area contributed by atoms with Gasteiger partial charge in [-0.3, -0.25) is 0 Å². The molecule has 1 aromatic carbocycles. The van der Waals surface area contributed by atoms with Crippen LogP contribution in [0.5, 0.6) is 0 Å². The largest absolute Gasteiger partial charge is 0.480 e. The minimum absolute atomic E-state index is 0.321. The molecule has 18 heavy (non-hydrogen) atoms. The van der Waals surface area contributed by atoms with E-state index in [1.165, 1.54) is 12.1 Å². The Morgan fingerprint density at radius 2 is 1.94 bits per heavy atom. The van der Waals surface area contributed by atoms with Crippen LogP contribution in [0.1, 0.15) is 26.7 Å². The van der Waals surface area contributed by atoms with Crippen molar-refractivity contribution in [3.8, 4) is 0 Å². The number of nitrogens with one attached hydrogen (secondary N) is 1. The Balaban J connectivity index is 2.09. The summed E-state index contributed by atoms with van der Waals surface area (Å²) in [4.78, 5) is 11.4. The van der Waals surface area contributed by atoms with Gasteiger partial charge < -0.3 is 10.4 Å². The third-order valence-corrected chi connectivity index (χ3v) is 3.80. The number of carboxylic acid groups (broad SMARTS) is 1. The highest BCUT2D eigenvalue weighted by atomic mass is 19.1. The van der Waals surface area contributed by atoms with E-state index in [2.05, 4.69) is 19.2 Å². The molecule has 1 saturated carbocycles. The van der Waals surface area contributed by atoms with Crippen LogP contribution in [-0.2, 0) is 4.79 Å². The van der Waals surface area contributed by atoms with Crippen molar-refractivity contribution >= 4 is 11.7 Å². The van der Waals surface area contributed by atoms with Gasteiger partial charge in [-0.05, 0) is 48.9 Å². The van der Waals surface area contributed by atoms with Gasteiger partial charge in [0.25, 0.3) is 0 Å². The maximum atomic E-state index is 12.8. The van der Waals surface area contributed by atoms with E-state index in [1.807, 2.05) is 0 Å². The zero-order chi connectivity index (χ0) is 13.3. The molecular formula is C14H18FNO2. The highest BCUT2D eigenvalue weighted by molar-refractivity contribution is 5.84. The molecule has 1 fully saturated rings. The Bertz CT molecular complexity index is 436.